The quantitative estimate of drug-likeness (QED) is 0.430. The van der Waals surface area contributed by atoms with E-state index in [1.54, 1.807) is 0 Å². The number of nitrogens with zero attached hydrogens (tertiary/aromatic N) is 2. The number of carbonyl (C=O) groups excluding carboxylic acids is 3. The van der Waals surface area contributed by atoms with Gasteiger partial charge in [-0.2, -0.15) is 13.2 Å². The summed E-state index contributed by atoms with van der Waals surface area (Å²) in [5.41, 5.74) is 5.68. The number of hydrogen-bond donors (Lipinski definition) is 1. The number of methoxy groups -OCH3 is 2. The van der Waals surface area contributed by atoms with E-state index in [1.165, 1.54) is 24.3 Å². The zero-order chi connectivity index (χ0) is 23.6. The monoisotopic (exact) mass is 471 g/mol. The Hall–Kier alpha value is -3.61. The highest BCUT2D eigenvalue weighted by molar-refractivity contribution is 7.18. The molecule has 0 aliphatic carbocycles. The zero-order valence-corrected chi connectivity index (χ0v) is 17.5. The molecule has 3 aromatic rings. The fourth-order valence-electron chi connectivity index (χ4n) is 2.99. The molecular formula is C19H16F3N3O6S. The maximum absolute atomic E-state index is 13.4. The van der Waals surface area contributed by atoms with E-state index < -0.39 is 43.1 Å². The highest BCUT2D eigenvalue weighted by Crippen LogP contribution is 2.34. The summed E-state index contributed by atoms with van der Waals surface area (Å²) in [5.74, 6) is -4.03. The summed E-state index contributed by atoms with van der Waals surface area (Å²) in [4.78, 5) is 39.9. The van der Waals surface area contributed by atoms with Gasteiger partial charge in [0, 0.05) is 5.56 Å². The van der Waals surface area contributed by atoms with Crippen LogP contribution in [0.3, 0.4) is 0 Å². The first-order chi connectivity index (χ1) is 15.1. The fourth-order valence-corrected chi connectivity index (χ4v) is 3.96. The molecule has 170 valence electrons. The summed E-state index contributed by atoms with van der Waals surface area (Å²) in [6, 6.07) is 5.79. The number of anilines is 1. The van der Waals surface area contributed by atoms with Gasteiger partial charge in [-0.15, -0.1) is 11.3 Å². The number of esters is 3. The van der Waals surface area contributed by atoms with Crippen molar-refractivity contribution in [2.75, 3.05) is 20.0 Å². The van der Waals surface area contributed by atoms with Crippen LogP contribution in [-0.4, -0.2) is 41.7 Å². The fraction of sp³-hybridized carbons (Fsp3) is 0.263. The summed E-state index contributed by atoms with van der Waals surface area (Å²) in [5, 5.41) is -0.0664. The number of fused-ring (bicyclic) bond motifs is 1. The van der Waals surface area contributed by atoms with Crippen molar-refractivity contribution in [2.24, 2.45) is 0 Å². The molecular weight excluding hydrogens is 455 g/mol. The first-order valence-corrected chi connectivity index (χ1v) is 9.66. The lowest BCUT2D eigenvalue weighted by Crippen LogP contribution is -2.21. The van der Waals surface area contributed by atoms with E-state index in [-0.39, 0.29) is 32.0 Å². The maximum Gasteiger partial charge on any atom is 0.449 e. The lowest BCUT2D eigenvalue weighted by Gasteiger charge is -2.12. The zero-order valence-electron chi connectivity index (χ0n) is 16.7. The molecule has 1 aromatic carbocycles. The van der Waals surface area contributed by atoms with Crippen LogP contribution in [0.1, 0.15) is 31.4 Å². The number of alkyl halides is 3. The van der Waals surface area contributed by atoms with Crippen molar-refractivity contribution in [1.29, 1.82) is 0 Å². The minimum atomic E-state index is -4.81. The van der Waals surface area contributed by atoms with Crippen LogP contribution >= 0.6 is 11.3 Å². The first-order valence-electron chi connectivity index (χ1n) is 8.84. The Morgan fingerprint density at radius 1 is 1.12 bits per heavy atom. The summed E-state index contributed by atoms with van der Waals surface area (Å²) < 4.78 is 55.2. The first kappa shape index (κ1) is 23.1. The number of thiophene rings is 1. The molecule has 0 aliphatic rings. The molecule has 9 nitrogen and oxygen atoms in total. The number of halogens is 3. The Morgan fingerprint density at radius 3 is 2.41 bits per heavy atom. The molecule has 2 N–H and O–H groups in total. The van der Waals surface area contributed by atoms with E-state index in [0.29, 0.717) is 4.57 Å². The molecule has 2 aromatic heterocycles. The Balaban J connectivity index is 1.90. The second-order valence-electron chi connectivity index (χ2n) is 6.30. The highest BCUT2D eigenvalue weighted by atomic mass is 32.1. The average molecular weight is 471 g/mol. The molecule has 0 saturated carbocycles. The maximum atomic E-state index is 13.4. The van der Waals surface area contributed by atoms with E-state index >= 15 is 0 Å². The van der Waals surface area contributed by atoms with E-state index in [2.05, 4.69) is 14.5 Å². The van der Waals surface area contributed by atoms with Crippen molar-refractivity contribution in [3.05, 3.63) is 46.1 Å². The van der Waals surface area contributed by atoms with E-state index in [4.69, 9.17) is 10.5 Å². The Morgan fingerprint density at radius 2 is 1.78 bits per heavy atom. The molecule has 0 bridgehead atoms. The Kier molecular flexibility index (Phi) is 6.39. The van der Waals surface area contributed by atoms with Gasteiger partial charge in [-0.3, -0.25) is 4.79 Å². The van der Waals surface area contributed by atoms with Gasteiger partial charge in [-0.05, 0) is 12.1 Å². The molecule has 13 heteroatoms. The number of nitrogen functional groups attached to an aromatic ring is 1. The average Bonchev–Trinajstić information content (AvgIpc) is 3.29. The van der Waals surface area contributed by atoms with E-state index in [9.17, 15) is 27.6 Å². The van der Waals surface area contributed by atoms with Gasteiger partial charge >= 0.3 is 24.1 Å². The van der Waals surface area contributed by atoms with Gasteiger partial charge in [0.2, 0.25) is 5.82 Å². The van der Waals surface area contributed by atoms with Crippen LogP contribution in [0.5, 0.6) is 0 Å². The lowest BCUT2D eigenvalue weighted by atomic mass is 10.1. The summed E-state index contributed by atoms with van der Waals surface area (Å²) >= 11 is 0.729. The molecule has 0 radical (unpaired) electrons. The largest absolute Gasteiger partial charge is 0.465 e. The molecule has 2 heterocycles. The van der Waals surface area contributed by atoms with E-state index in [1.807, 2.05) is 0 Å². The number of aromatic nitrogens is 2. The SMILES string of the molecule is COC(=O)c1sc(N)c(C(=O)OC)c1COC(=O)Cn1c(C(F)(F)F)nc2ccccc21. The lowest BCUT2D eigenvalue weighted by molar-refractivity contribution is -0.151. The van der Waals surface area contributed by atoms with Crippen molar-refractivity contribution in [2.45, 2.75) is 19.3 Å². The number of nitrogens with two attached hydrogens (primary N) is 1. The molecule has 0 spiro atoms. The molecule has 32 heavy (non-hydrogen) atoms. The number of rotatable bonds is 6. The number of ether oxygens (including phenoxy) is 3. The van der Waals surface area contributed by atoms with E-state index in [0.717, 1.165) is 25.6 Å². The normalized spacial score (nSPS) is 11.4. The predicted molar refractivity (Wildman–Crippen MR) is 106 cm³/mol. The third kappa shape index (κ3) is 4.37. The van der Waals surface area contributed by atoms with Gasteiger partial charge in [0.15, 0.2) is 0 Å². The van der Waals surface area contributed by atoms with Gasteiger partial charge in [0.1, 0.15) is 28.6 Å². The molecule has 0 atom stereocenters. The van der Waals surface area contributed by atoms with Gasteiger partial charge in [0.05, 0.1) is 25.3 Å². The van der Waals surface area contributed by atoms with Crippen molar-refractivity contribution in [3.63, 3.8) is 0 Å². The standard InChI is InChI=1S/C19H16F3N3O6S/c1-29-16(27)13-9(14(17(28)30-2)32-15(13)23)8-31-12(26)7-25-11-6-4-3-5-10(11)24-18(25)19(20,21)22/h3-6H,7-8,23H2,1-2H3. The Labute approximate surface area is 182 Å². The van der Waals surface area contributed by atoms with Crippen molar-refractivity contribution in [3.8, 4) is 0 Å². The van der Waals surface area contributed by atoms with Crippen LogP contribution in [0.4, 0.5) is 18.2 Å². The van der Waals surface area contributed by atoms with Crippen LogP contribution in [-0.2, 0) is 38.3 Å². The van der Waals surface area contributed by atoms with Crippen molar-refractivity contribution < 1.29 is 41.8 Å². The number of carbonyl (C=O) groups is 3. The second-order valence-corrected chi connectivity index (χ2v) is 7.35. The smallest absolute Gasteiger partial charge is 0.449 e. The van der Waals surface area contributed by atoms with Crippen LogP contribution in [0.2, 0.25) is 0 Å². The number of para-hydroxylation sites is 2. The van der Waals surface area contributed by atoms with Crippen molar-refractivity contribution >= 4 is 45.3 Å². The van der Waals surface area contributed by atoms with Gasteiger partial charge in [-0.25, -0.2) is 14.6 Å². The number of hydrogen-bond acceptors (Lipinski definition) is 9. The number of benzene rings is 1. The molecule has 0 unspecified atom stereocenters. The summed E-state index contributed by atoms with van der Waals surface area (Å²) in [6.07, 6.45) is -4.81. The second kappa shape index (κ2) is 8.86. The summed E-state index contributed by atoms with van der Waals surface area (Å²) in [7, 11) is 2.20. The van der Waals surface area contributed by atoms with Gasteiger partial charge < -0.3 is 24.5 Å². The van der Waals surface area contributed by atoms with Crippen LogP contribution in [0.25, 0.3) is 11.0 Å². The summed E-state index contributed by atoms with van der Waals surface area (Å²) in [6.45, 7) is -1.43. The van der Waals surface area contributed by atoms with Gasteiger partial charge in [-0.1, -0.05) is 12.1 Å². The third-order valence-corrected chi connectivity index (χ3v) is 5.41. The minimum Gasteiger partial charge on any atom is -0.465 e. The molecule has 0 saturated heterocycles. The van der Waals surface area contributed by atoms with Gasteiger partial charge in [0.25, 0.3) is 0 Å². The predicted octanol–water partition coefficient (Wildman–Crippen LogP) is 3.02. The van der Waals surface area contributed by atoms with Crippen LogP contribution in [0.15, 0.2) is 24.3 Å². The topological polar surface area (TPSA) is 123 Å². The van der Waals surface area contributed by atoms with Crippen molar-refractivity contribution in [1.82, 2.24) is 9.55 Å². The molecule has 0 fully saturated rings. The van der Waals surface area contributed by atoms with Crippen LogP contribution in [0, 0.1) is 0 Å². The van der Waals surface area contributed by atoms with Crippen LogP contribution < -0.4 is 5.73 Å². The third-order valence-electron chi connectivity index (χ3n) is 4.37. The molecule has 0 amide bonds. The molecule has 0 aliphatic heterocycles. The highest BCUT2D eigenvalue weighted by Gasteiger charge is 2.38. The molecule has 3 rings (SSSR count). The minimum absolute atomic E-state index is 0.0548. The number of imidazole rings is 1. The Bertz CT molecular complexity index is 1200.